The quantitative estimate of drug-likeness (QED) is 0.670. The average Bonchev–Trinajstić information content (AvgIpc) is 3.04. The summed E-state index contributed by atoms with van der Waals surface area (Å²) in [5.74, 6) is 1.31. The molecular formula is C26H34N2O3. The van der Waals surface area contributed by atoms with Crippen molar-refractivity contribution >= 4 is 11.8 Å². The van der Waals surface area contributed by atoms with Gasteiger partial charge in [0.15, 0.2) is 6.10 Å². The van der Waals surface area contributed by atoms with Crippen molar-refractivity contribution in [2.24, 2.45) is 0 Å². The molecule has 31 heavy (non-hydrogen) atoms. The first-order chi connectivity index (χ1) is 14.9. The molecule has 1 heterocycles. The minimum Gasteiger partial charge on any atom is -0.481 e. The second kappa shape index (κ2) is 11.0. The van der Waals surface area contributed by atoms with E-state index in [0.29, 0.717) is 44.3 Å². The fraction of sp³-hybridized carbons (Fsp3) is 0.462. The molecule has 1 atom stereocenters. The molecule has 166 valence electrons. The van der Waals surface area contributed by atoms with Crippen LogP contribution in [0.5, 0.6) is 5.75 Å². The minimum absolute atomic E-state index is 0.0217. The molecular weight excluding hydrogens is 388 g/mol. The van der Waals surface area contributed by atoms with Crippen molar-refractivity contribution in [3.8, 4) is 5.75 Å². The first kappa shape index (κ1) is 22.9. The van der Waals surface area contributed by atoms with E-state index in [0.717, 1.165) is 12.8 Å². The van der Waals surface area contributed by atoms with Crippen molar-refractivity contribution < 1.29 is 14.3 Å². The lowest BCUT2D eigenvalue weighted by atomic mass is 10.0. The van der Waals surface area contributed by atoms with Crippen LogP contribution in [0.1, 0.15) is 50.7 Å². The Morgan fingerprint density at radius 1 is 0.871 bits per heavy atom. The number of hydrogen-bond acceptors (Lipinski definition) is 3. The number of rotatable bonds is 7. The third kappa shape index (κ3) is 6.58. The van der Waals surface area contributed by atoms with E-state index in [1.807, 2.05) is 64.4 Å². The average molecular weight is 423 g/mol. The standard InChI is InChI=1S/C26H34N2O3/c1-20(2)23-11-13-24(14-12-23)31-21(3)26(30)28-17-7-16-27(18-19-28)25(29)15-10-22-8-5-4-6-9-22/h4-6,8-9,11-14,20-21H,7,10,15-19H2,1-3H3. The summed E-state index contributed by atoms with van der Waals surface area (Å²) < 4.78 is 5.90. The first-order valence-electron chi connectivity index (χ1n) is 11.3. The number of hydrogen-bond donors (Lipinski definition) is 0. The van der Waals surface area contributed by atoms with E-state index < -0.39 is 6.10 Å². The zero-order valence-corrected chi connectivity index (χ0v) is 18.9. The van der Waals surface area contributed by atoms with Crippen molar-refractivity contribution in [2.75, 3.05) is 26.2 Å². The Morgan fingerprint density at radius 2 is 1.52 bits per heavy atom. The maximum absolute atomic E-state index is 12.9. The van der Waals surface area contributed by atoms with E-state index >= 15 is 0 Å². The largest absolute Gasteiger partial charge is 0.481 e. The lowest BCUT2D eigenvalue weighted by molar-refractivity contribution is -0.138. The number of carbonyl (C=O) groups excluding carboxylic acids is 2. The van der Waals surface area contributed by atoms with Crippen LogP contribution < -0.4 is 4.74 Å². The highest BCUT2D eigenvalue weighted by Crippen LogP contribution is 2.20. The van der Waals surface area contributed by atoms with Crippen molar-refractivity contribution in [3.05, 3.63) is 65.7 Å². The predicted octanol–water partition coefficient (Wildman–Crippen LogP) is 4.27. The van der Waals surface area contributed by atoms with Crippen LogP contribution >= 0.6 is 0 Å². The third-order valence-corrected chi connectivity index (χ3v) is 5.84. The van der Waals surface area contributed by atoms with E-state index in [2.05, 4.69) is 13.8 Å². The number of amides is 2. The van der Waals surface area contributed by atoms with Crippen LogP contribution in [0, 0.1) is 0 Å². The maximum atomic E-state index is 12.9. The summed E-state index contributed by atoms with van der Waals surface area (Å²) in [5, 5.41) is 0. The Hall–Kier alpha value is -2.82. The van der Waals surface area contributed by atoms with Crippen LogP contribution in [0.4, 0.5) is 0 Å². The monoisotopic (exact) mass is 422 g/mol. The molecule has 1 unspecified atom stereocenters. The molecule has 5 heteroatoms. The summed E-state index contributed by atoms with van der Waals surface area (Å²) in [5.41, 5.74) is 2.42. The van der Waals surface area contributed by atoms with Crippen molar-refractivity contribution in [3.63, 3.8) is 0 Å². The van der Waals surface area contributed by atoms with Gasteiger partial charge in [-0.15, -0.1) is 0 Å². The van der Waals surface area contributed by atoms with Crippen LogP contribution in [-0.2, 0) is 16.0 Å². The van der Waals surface area contributed by atoms with E-state index in [4.69, 9.17) is 4.74 Å². The highest BCUT2D eigenvalue weighted by Gasteiger charge is 2.26. The molecule has 1 fully saturated rings. The smallest absolute Gasteiger partial charge is 0.263 e. The van der Waals surface area contributed by atoms with Gasteiger partial charge in [-0.25, -0.2) is 0 Å². The number of carbonyl (C=O) groups is 2. The number of ether oxygens (including phenoxy) is 1. The van der Waals surface area contributed by atoms with Crippen LogP contribution in [-0.4, -0.2) is 53.9 Å². The fourth-order valence-electron chi connectivity index (χ4n) is 3.88. The normalized spacial score (nSPS) is 15.5. The Bertz CT molecular complexity index is 849. The molecule has 0 bridgehead atoms. The molecule has 0 N–H and O–H groups in total. The van der Waals surface area contributed by atoms with Gasteiger partial charge in [-0.2, -0.15) is 0 Å². The van der Waals surface area contributed by atoms with Crippen LogP contribution in [0.3, 0.4) is 0 Å². The van der Waals surface area contributed by atoms with Crippen LogP contribution in [0.15, 0.2) is 54.6 Å². The molecule has 0 spiro atoms. The molecule has 2 aromatic carbocycles. The number of aryl methyl sites for hydroxylation is 1. The van der Waals surface area contributed by atoms with E-state index in [1.165, 1.54) is 11.1 Å². The second-order valence-electron chi connectivity index (χ2n) is 8.53. The molecule has 0 radical (unpaired) electrons. The molecule has 0 saturated carbocycles. The van der Waals surface area contributed by atoms with Crippen LogP contribution in [0.2, 0.25) is 0 Å². The molecule has 1 saturated heterocycles. The van der Waals surface area contributed by atoms with Gasteiger partial charge in [-0.1, -0.05) is 56.3 Å². The first-order valence-corrected chi connectivity index (χ1v) is 11.3. The van der Waals surface area contributed by atoms with Gasteiger partial charge in [-0.3, -0.25) is 9.59 Å². The van der Waals surface area contributed by atoms with Crippen molar-refractivity contribution in [2.45, 2.75) is 52.1 Å². The minimum atomic E-state index is -0.551. The SMILES string of the molecule is CC(Oc1ccc(C(C)C)cc1)C(=O)N1CCCN(C(=O)CCc2ccccc2)CC1. The number of nitrogens with zero attached hydrogens (tertiary/aromatic N) is 2. The van der Waals surface area contributed by atoms with Gasteiger partial charge in [0.25, 0.3) is 5.91 Å². The van der Waals surface area contributed by atoms with Crippen molar-refractivity contribution in [1.29, 1.82) is 0 Å². The van der Waals surface area contributed by atoms with Gasteiger partial charge in [0, 0.05) is 32.6 Å². The lowest BCUT2D eigenvalue weighted by Gasteiger charge is -2.25. The zero-order valence-electron chi connectivity index (χ0n) is 18.9. The predicted molar refractivity (Wildman–Crippen MR) is 123 cm³/mol. The maximum Gasteiger partial charge on any atom is 0.263 e. The summed E-state index contributed by atoms with van der Waals surface area (Å²) in [4.78, 5) is 29.3. The van der Waals surface area contributed by atoms with Gasteiger partial charge in [0.05, 0.1) is 0 Å². The zero-order chi connectivity index (χ0) is 22.2. The molecule has 0 aromatic heterocycles. The fourth-order valence-corrected chi connectivity index (χ4v) is 3.88. The van der Waals surface area contributed by atoms with Gasteiger partial charge in [0.2, 0.25) is 5.91 Å². The van der Waals surface area contributed by atoms with Crippen LogP contribution in [0.25, 0.3) is 0 Å². The molecule has 2 aromatic rings. The summed E-state index contributed by atoms with van der Waals surface area (Å²) in [6.07, 6.45) is 1.49. The topological polar surface area (TPSA) is 49.9 Å². The molecule has 0 aliphatic carbocycles. The molecule has 1 aliphatic rings. The van der Waals surface area contributed by atoms with E-state index in [9.17, 15) is 9.59 Å². The Labute approximate surface area is 186 Å². The Morgan fingerprint density at radius 3 is 2.19 bits per heavy atom. The lowest BCUT2D eigenvalue weighted by Crippen LogP contribution is -2.43. The van der Waals surface area contributed by atoms with E-state index in [-0.39, 0.29) is 11.8 Å². The Balaban J connectivity index is 1.48. The molecule has 1 aliphatic heterocycles. The van der Waals surface area contributed by atoms with E-state index in [1.54, 1.807) is 6.92 Å². The van der Waals surface area contributed by atoms with Gasteiger partial charge < -0.3 is 14.5 Å². The Kier molecular flexibility index (Phi) is 8.10. The van der Waals surface area contributed by atoms with Gasteiger partial charge in [-0.05, 0) is 48.9 Å². The molecule has 2 amide bonds. The summed E-state index contributed by atoms with van der Waals surface area (Å²) >= 11 is 0. The summed E-state index contributed by atoms with van der Waals surface area (Å²) in [7, 11) is 0. The number of benzene rings is 2. The highest BCUT2D eigenvalue weighted by molar-refractivity contribution is 5.81. The van der Waals surface area contributed by atoms with Crippen molar-refractivity contribution in [1.82, 2.24) is 9.80 Å². The van der Waals surface area contributed by atoms with Gasteiger partial charge in [0.1, 0.15) is 5.75 Å². The molecule has 5 nitrogen and oxygen atoms in total. The summed E-state index contributed by atoms with van der Waals surface area (Å²) in [6, 6.07) is 18.0. The van der Waals surface area contributed by atoms with Gasteiger partial charge >= 0.3 is 0 Å². The highest BCUT2D eigenvalue weighted by atomic mass is 16.5. The third-order valence-electron chi connectivity index (χ3n) is 5.84. The second-order valence-corrected chi connectivity index (χ2v) is 8.53. The summed E-state index contributed by atoms with van der Waals surface area (Å²) in [6.45, 7) is 8.58. The molecule has 3 rings (SSSR count).